The summed E-state index contributed by atoms with van der Waals surface area (Å²) in [4.78, 5) is 11.9. The third kappa shape index (κ3) is 3.72. The fourth-order valence-electron chi connectivity index (χ4n) is 1.84. The molecule has 0 aliphatic carbocycles. The van der Waals surface area contributed by atoms with Crippen LogP contribution in [0.2, 0.25) is 0 Å². The molecule has 1 unspecified atom stereocenters. The van der Waals surface area contributed by atoms with Gasteiger partial charge in [-0.1, -0.05) is 28.1 Å². The van der Waals surface area contributed by atoms with Crippen LogP contribution in [0.3, 0.4) is 0 Å². The van der Waals surface area contributed by atoms with Crippen LogP contribution >= 0.6 is 15.9 Å². The average molecular weight is 354 g/mol. The van der Waals surface area contributed by atoms with Gasteiger partial charge in [-0.2, -0.15) is 0 Å². The molecule has 2 aromatic rings. The Morgan fingerprint density at radius 2 is 2.10 bits per heavy atom. The summed E-state index contributed by atoms with van der Waals surface area (Å²) in [6.07, 6.45) is 0. The first-order valence-corrected chi connectivity index (χ1v) is 6.89. The number of phenols is 1. The van der Waals surface area contributed by atoms with Crippen molar-refractivity contribution < 1.29 is 19.0 Å². The molecule has 0 radical (unpaired) electrons. The standard InChI is InChI=1S/C15H13BrFNO3/c1-21-15(20)14(9-5-6-13(19)12(17)7-9)18-11-4-2-3-10(16)8-11/h2-8,14,18-19H,1H3. The molecule has 21 heavy (non-hydrogen) atoms. The van der Waals surface area contributed by atoms with E-state index in [2.05, 4.69) is 21.2 Å². The number of methoxy groups -OCH3 is 1. The van der Waals surface area contributed by atoms with Gasteiger partial charge >= 0.3 is 5.97 Å². The van der Waals surface area contributed by atoms with E-state index in [0.29, 0.717) is 11.3 Å². The molecule has 0 saturated heterocycles. The predicted molar refractivity (Wildman–Crippen MR) is 80.6 cm³/mol. The Labute approximate surface area is 129 Å². The van der Waals surface area contributed by atoms with Crippen LogP contribution in [0, 0.1) is 5.82 Å². The van der Waals surface area contributed by atoms with Gasteiger partial charge in [-0.15, -0.1) is 0 Å². The van der Waals surface area contributed by atoms with Crippen LogP contribution in [0.25, 0.3) is 0 Å². The van der Waals surface area contributed by atoms with Gasteiger partial charge < -0.3 is 15.2 Å². The van der Waals surface area contributed by atoms with Crippen molar-refractivity contribution in [2.45, 2.75) is 6.04 Å². The second-order valence-electron chi connectivity index (χ2n) is 4.32. The second-order valence-corrected chi connectivity index (χ2v) is 5.24. The molecule has 110 valence electrons. The zero-order valence-corrected chi connectivity index (χ0v) is 12.7. The minimum atomic E-state index is -0.876. The van der Waals surface area contributed by atoms with E-state index < -0.39 is 23.6 Å². The van der Waals surface area contributed by atoms with Crippen molar-refractivity contribution >= 4 is 27.6 Å². The summed E-state index contributed by atoms with van der Waals surface area (Å²) in [5.74, 6) is -1.82. The highest BCUT2D eigenvalue weighted by molar-refractivity contribution is 9.10. The molecule has 2 N–H and O–H groups in total. The highest BCUT2D eigenvalue weighted by Crippen LogP contribution is 2.26. The third-order valence-corrected chi connectivity index (χ3v) is 3.37. The molecule has 0 heterocycles. The molecule has 1 atom stereocenters. The third-order valence-electron chi connectivity index (χ3n) is 2.88. The molecule has 2 rings (SSSR count). The van der Waals surface area contributed by atoms with Crippen molar-refractivity contribution in [2.75, 3.05) is 12.4 Å². The Kier molecular flexibility index (Phi) is 4.80. The number of anilines is 1. The molecular formula is C15H13BrFNO3. The van der Waals surface area contributed by atoms with Crippen LogP contribution in [0.4, 0.5) is 10.1 Å². The van der Waals surface area contributed by atoms with Crippen LogP contribution in [-0.2, 0) is 9.53 Å². The van der Waals surface area contributed by atoms with Gasteiger partial charge in [0.25, 0.3) is 0 Å². The number of hydrogen-bond donors (Lipinski definition) is 2. The molecule has 2 aromatic carbocycles. The lowest BCUT2D eigenvalue weighted by molar-refractivity contribution is -0.141. The van der Waals surface area contributed by atoms with Gasteiger partial charge in [0, 0.05) is 10.2 Å². The lowest BCUT2D eigenvalue weighted by Gasteiger charge is -2.18. The number of phenolic OH excluding ortho intramolecular Hbond substituents is 1. The Balaban J connectivity index is 2.34. The molecule has 0 saturated carbocycles. The minimum absolute atomic E-state index is 0.358. The van der Waals surface area contributed by atoms with Crippen molar-refractivity contribution in [2.24, 2.45) is 0 Å². The van der Waals surface area contributed by atoms with Gasteiger partial charge in [0.2, 0.25) is 0 Å². The van der Waals surface area contributed by atoms with Crippen LogP contribution in [0.5, 0.6) is 5.75 Å². The van der Waals surface area contributed by atoms with Crippen molar-refractivity contribution in [3.8, 4) is 5.75 Å². The van der Waals surface area contributed by atoms with E-state index in [1.165, 1.54) is 19.2 Å². The molecule has 0 fully saturated rings. The molecular weight excluding hydrogens is 341 g/mol. The van der Waals surface area contributed by atoms with Gasteiger partial charge in [0.05, 0.1) is 7.11 Å². The van der Waals surface area contributed by atoms with Crippen LogP contribution in [0.15, 0.2) is 46.9 Å². The number of ether oxygens (including phenoxy) is 1. The van der Waals surface area contributed by atoms with Crippen LogP contribution in [0.1, 0.15) is 11.6 Å². The molecule has 6 heteroatoms. The number of halogens is 2. The minimum Gasteiger partial charge on any atom is -0.505 e. The number of aromatic hydroxyl groups is 1. The van der Waals surface area contributed by atoms with E-state index in [-0.39, 0.29) is 0 Å². The average Bonchev–Trinajstić information content (AvgIpc) is 2.47. The summed E-state index contributed by atoms with van der Waals surface area (Å²) >= 11 is 3.33. The summed E-state index contributed by atoms with van der Waals surface area (Å²) in [5.41, 5.74) is 1.03. The van der Waals surface area contributed by atoms with E-state index in [4.69, 9.17) is 4.74 Å². The predicted octanol–water partition coefficient (Wildman–Crippen LogP) is 3.62. The Morgan fingerprint density at radius 1 is 1.33 bits per heavy atom. The molecule has 0 aliphatic rings. The summed E-state index contributed by atoms with van der Waals surface area (Å²) in [7, 11) is 1.26. The summed E-state index contributed by atoms with van der Waals surface area (Å²) in [6.45, 7) is 0. The van der Waals surface area contributed by atoms with Gasteiger partial charge in [-0.3, -0.25) is 0 Å². The molecule has 0 amide bonds. The molecule has 0 aliphatic heterocycles. The van der Waals surface area contributed by atoms with Crippen molar-refractivity contribution in [3.05, 3.63) is 58.3 Å². The lowest BCUT2D eigenvalue weighted by Crippen LogP contribution is -2.22. The van der Waals surface area contributed by atoms with Gasteiger partial charge in [0.15, 0.2) is 17.6 Å². The number of carbonyl (C=O) groups excluding carboxylic acids is 1. The van der Waals surface area contributed by atoms with E-state index in [0.717, 1.165) is 10.5 Å². The number of hydrogen-bond acceptors (Lipinski definition) is 4. The van der Waals surface area contributed by atoms with E-state index in [9.17, 15) is 14.3 Å². The maximum atomic E-state index is 13.5. The first kappa shape index (κ1) is 15.3. The highest BCUT2D eigenvalue weighted by atomic mass is 79.9. The SMILES string of the molecule is COC(=O)C(Nc1cccc(Br)c1)c1ccc(O)c(F)c1. The Hall–Kier alpha value is -2.08. The summed E-state index contributed by atoms with van der Waals surface area (Å²) in [6, 6.07) is 10.1. The largest absolute Gasteiger partial charge is 0.505 e. The maximum Gasteiger partial charge on any atom is 0.332 e. The molecule has 0 spiro atoms. The Morgan fingerprint density at radius 3 is 2.71 bits per heavy atom. The number of esters is 1. The fourth-order valence-corrected chi connectivity index (χ4v) is 2.24. The maximum absolute atomic E-state index is 13.5. The molecule has 0 bridgehead atoms. The lowest BCUT2D eigenvalue weighted by atomic mass is 10.1. The van der Waals surface area contributed by atoms with Crippen molar-refractivity contribution in [3.63, 3.8) is 0 Å². The number of carbonyl (C=O) groups is 1. The van der Waals surface area contributed by atoms with E-state index in [1.807, 2.05) is 6.07 Å². The van der Waals surface area contributed by atoms with E-state index in [1.54, 1.807) is 18.2 Å². The van der Waals surface area contributed by atoms with E-state index >= 15 is 0 Å². The normalized spacial score (nSPS) is 11.8. The quantitative estimate of drug-likeness (QED) is 0.824. The van der Waals surface area contributed by atoms with Gasteiger partial charge in [-0.05, 0) is 35.9 Å². The summed E-state index contributed by atoms with van der Waals surface area (Å²) < 4.78 is 19.1. The number of benzene rings is 2. The second kappa shape index (κ2) is 6.58. The highest BCUT2D eigenvalue weighted by Gasteiger charge is 2.22. The van der Waals surface area contributed by atoms with Crippen molar-refractivity contribution in [1.29, 1.82) is 0 Å². The number of rotatable bonds is 4. The van der Waals surface area contributed by atoms with Crippen LogP contribution < -0.4 is 5.32 Å². The van der Waals surface area contributed by atoms with Gasteiger partial charge in [-0.25, -0.2) is 9.18 Å². The monoisotopic (exact) mass is 353 g/mol. The smallest absolute Gasteiger partial charge is 0.332 e. The zero-order valence-electron chi connectivity index (χ0n) is 11.1. The van der Waals surface area contributed by atoms with Crippen molar-refractivity contribution in [1.82, 2.24) is 0 Å². The fraction of sp³-hybridized carbons (Fsp3) is 0.133. The van der Waals surface area contributed by atoms with Gasteiger partial charge in [0.1, 0.15) is 0 Å². The molecule has 4 nitrogen and oxygen atoms in total. The molecule has 0 aromatic heterocycles. The topological polar surface area (TPSA) is 58.6 Å². The summed E-state index contributed by atoms with van der Waals surface area (Å²) in [5, 5.41) is 12.2. The number of nitrogens with one attached hydrogen (secondary N) is 1. The van der Waals surface area contributed by atoms with Crippen LogP contribution in [-0.4, -0.2) is 18.2 Å². The Bertz CT molecular complexity index is 663. The first-order valence-electron chi connectivity index (χ1n) is 6.09. The first-order chi connectivity index (χ1) is 10.0. The zero-order chi connectivity index (χ0) is 15.4.